The fourth-order valence-electron chi connectivity index (χ4n) is 7.69. The van der Waals surface area contributed by atoms with Gasteiger partial charge in [0.15, 0.2) is 6.29 Å². The van der Waals surface area contributed by atoms with Gasteiger partial charge in [0.25, 0.3) is 0 Å². The molecule has 0 saturated carbocycles. The van der Waals surface area contributed by atoms with Crippen molar-refractivity contribution in [3.63, 3.8) is 0 Å². The molecule has 0 bridgehead atoms. The first-order valence-electron chi connectivity index (χ1n) is 18.4. The maximum atomic E-state index is 14.0. The number of aliphatic hydroxyl groups excluding tert-OH is 2. The Morgan fingerprint density at radius 3 is 2.25 bits per heavy atom. The predicted molar refractivity (Wildman–Crippen MR) is 186 cm³/mol. The summed E-state index contributed by atoms with van der Waals surface area (Å²) in [6, 6.07) is -0.827. The average Bonchev–Trinajstić information content (AvgIpc) is 3.01. The van der Waals surface area contributed by atoms with Gasteiger partial charge in [-0.15, -0.1) is 0 Å². The van der Waals surface area contributed by atoms with E-state index >= 15 is 0 Å². The summed E-state index contributed by atoms with van der Waals surface area (Å²) in [6.45, 7) is 17.0. The minimum absolute atomic E-state index is 0.00124. The van der Waals surface area contributed by atoms with Crippen molar-refractivity contribution in [2.24, 2.45) is 17.8 Å². The molecule has 2 rings (SSSR count). The van der Waals surface area contributed by atoms with E-state index in [9.17, 15) is 30.3 Å². The molecule has 2 aliphatic heterocycles. The Bertz CT molecular complexity index is 969. The van der Waals surface area contributed by atoms with Crippen LogP contribution in [-0.4, -0.2) is 136 Å². The number of likely N-dealkylation sites (N-methyl/N-ethyl adjacent to an activating group) is 1. The van der Waals surface area contributed by atoms with Crippen LogP contribution in [-0.2, 0) is 19.0 Å². The zero-order valence-corrected chi connectivity index (χ0v) is 31.7. The van der Waals surface area contributed by atoms with Crippen molar-refractivity contribution in [1.82, 2.24) is 15.5 Å². The Morgan fingerprint density at radius 1 is 1.02 bits per heavy atom. The molecule has 2 heterocycles. The predicted octanol–water partition coefficient (Wildman–Crippen LogP) is 2.17. The van der Waals surface area contributed by atoms with Gasteiger partial charge >= 0.3 is 5.97 Å². The van der Waals surface area contributed by atoms with Crippen molar-refractivity contribution in [3.05, 3.63) is 0 Å². The zero-order chi connectivity index (χ0) is 36.6. The van der Waals surface area contributed by atoms with Crippen molar-refractivity contribution in [2.45, 2.75) is 173 Å². The van der Waals surface area contributed by atoms with Gasteiger partial charge in [0.1, 0.15) is 23.9 Å². The Morgan fingerprint density at radius 2 is 1.67 bits per heavy atom. The van der Waals surface area contributed by atoms with Crippen LogP contribution in [0.15, 0.2) is 0 Å². The summed E-state index contributed by atoms with van der Waals surface area (Å²) in [5.74, 6) is -2.90. The molecule has 2 aliphatic rings. The summed E-state index contributed by atoms with van der Waals surface area (Å²) >= 11 is 0. The maximum Gasteiger partial charge on any atom is 0.312 e. The highest BCUT2D eigenvalue weighted by Crippen LogP contribution is 2.40. The molecular weight excluding hydrogens is 618 g/mol. The fourth-order valence-corrected chi connectivity index (χ4v) is 7.69. The molecule has 2 saturated heterocycles. The van der Waals surface area contributed by atoms with Crippen LogP contribution in [0.5, 0.6) is 0 Å². The number of unbranched alkanes of at least 4 members (excludes halogenated alkanes) is 3. The highest BCUT2D eigenvalue weighted by Gasteiger charge is 2.54. The van der Waals surface area contributed by atoms with E-state index in [0.717, 1.165) is 25.7 Å². The van der Waals surface area contributed by atoms with E-state index in [1.54, 1.807) is 34.6 Å². The van der Waals surface area contributed by atoms with Crippen molar-refractivity contribution in [1.29, 1.82) is 0 Å². The largest absolute Gasteiger partial charge is 0.459 e. The summed E-state index contributed by atoms with van der Waals surface area (Å²) in [7, 11) is 3.77. The molecule has 0 amide bonds. The van der Waals surface area contributed by atoms with Crippen LogP contribution in [0.2, 0.25) is 0 Å². The molecule has 0 radical (unpaired) electrons. The number of nitrogens with zero attached hydrogens (tertiary/aromatic N) is 1. The first-order chi connectivity index (χ1) is 22.2. The lowest BCUT2D eigenvalue weighted by atomic mass is 9.70. The molecule has 284 valence electrons. The minimum atomic E-state index is -1.81. The zero-order valence-electron chi connectivity index (χ0n) is 31.7. The lowest BCUT2D eigenvalue weighted by Gasteiger charge is -2.49. The van der Waals surface area contributed by atoms with E-state index in [1.165, 1.54) is 6.92 Å². The van der Waals surface area contributed by atoms with E-state index in [4.69, 9.17) is 14.2 Å². The van der Waals surface area contributed by atoms with E-state index in [2.05, 4.69) is 17.6 Å². The first-order valence-corrected chi connectivity index (χ1v) is 18.4. The molecule has 14 atom stereocenters. The lowest BCUT2D eigenvalue weighted by Crippen LogP contribution is -2.64. The van der Waals surface area contributed by atoms with E-state index in [1.807, 2.05) is 32.8 Å². The molecule has 1 unspecified atom stereocenters. The first kappa shape index (κ1) is 43.2. The molecule has 48 heavy (non-hydrogen) atoms. The average molecular weight is 690 g/mol. The highest BCUT2D eigenvalue weighted by molar-refractivity contribution is 5.74. The number of hydrogen-bond acceptors (Lipinski definition) is 12. The normalized spacial score (nSPS) is 44.2. The number of carbonyl (C=O) groups is 1. The van der Waals surface area contributed by atoms with Crippen LogP contribution < -0.4 is 10.6 Å². The molecule has 12 heteroatoms. The second kappa shape index (κ2) is 18.5. The van der Waals surface area contributed by atoms with Crippen molar-refractivity contribution < 1.29 is 44.5 Å². The number of carbonyl (C=O) groups excluding carboxylic acids is 1. The molecule has 0 spiro atoms. The Kier molecular flexibility index (Phi) is 16.7. The topological polar surface area (TPSA) is 173 Å². The van der Waals surface area contributed by atoms with Crippen molar-refractivity contribution >= 4 is 5.97 Å². The number of rotatable bonds is 11. The van der Waals surface area contributed by atoms with Gasteiger partial charge < -0.3 is 55.3 Å². The number of cyclic esters (lactones) is 1. The molecule has 12 nitrogen and oxygen atoms in total. The van der Waals surface area contributed by atoms with Gasteiger partial charge in [0.2, 0.25) is 0 Å². The van der Waals surface area contributed by atoms with Gasteiger partial charge in [-0.1, -0.05) is 47.0 Å². The molecular formula is C36H71N3O9. The maximum absolute atomic E-state index is 14.0. The van der Waals surface area contributed by atoms with E-state index < -0.39 is 71.4 Å². The van der Waals surface area contributed by atoms with Gasteiger partial charge in [-0.05, 0) is 93.4 Å². The van der Waals surface area contributed by atoms with Gasteiger partial charge in [-0.3, -0.25) is 4.79 Å². The standard InChI is InChI=1S/C36H71N3O9/c1-12-14-15-16-17-37-21-36(45)24(5)31(48-33-29(40)27(39(10)11)18-23(4)46-33)34(8,43)19-22(3)20-38-26(7)30(41)35(9,44)28(13-2)47-32(42)25(36)6/h22-31,33,37-38,40-41,43-45H,12-21H2,1-11H3/t22-,23-,24-,25?,26-,27+,28-,29-,30-,31-,33+,34+,35-,36-/m1/s1. The van der Waals surface area contributed by atoms with Crippen LogP contribution in [0.1, 0.15) is 107 Å². The summed E-state index contributed by atoms with van der Waals surface area (Å²) in [4.78, 5) is 15.9. The summed E-state index contributed by atoms with van der Waals surface area (Å²) in [6.07, 6.45) is -0.642. The SMILES string of the molecule is CCCCCCNC[C@]1(O)C(C)C(=O)O[C@H](CC)[C@@](C)(O)[C@H](O)[C@@H](C)NC[C@H](C)C[C@](C)(O)[C@H](O[C@@H]2O[C@H](C)C[C@H](N(C)C)[C@H]2O)[C@H]1C. The third kappa shape index (κ3) is 10.8. The summed E-state index contributed by atoms with van der Waals surface area (Å²) in [5.41, 5.74) is -5.15. The van der Waals surface area contributed by atoms with Gasteiger partial charge in [0, 0.05) is 24.5 Å². The van der Waals surface area contributed by atoms with Crippen LogP contribution >= 0.6 is 0 Å². The van der Waals surface area contributed by atoms with Gasteiger partial charge in [-0.25, -0.2) is 0 Å². The van der Waals surface area contributed by atoms with Crippen LogP contribution in [0.25, 0.3) is 0 Å². The second-order valence-electron chi connectivity index (χ2n) is 15.7. The second-order valence-corrected chi connectivity index (χ2v) is 15.7. The minimum Gasteiger partial charge on any atom is -0.459 e. The lowest BCUT2D eigenvalue weighted by molar-refractivity contribution is -0.304. The quantitative estimate of drug-likeness (QED) is 0.125. The van der Waals surface area contributed by atoms with Crippen LogP contribution in [0.4, 0.5) is 0 Å². The molecule has 2 fully saturated rings. The molecule has 0 aromatic rings. The number of aliphatic hydroxyl groups is 5. The number of ether oxygens (including phenoxy) is 3. The molecule has 0 aromatic carbocycles. The smallest absolute Gasteiger partial charge is 0.312 e. The van der Waals surface area contributed by atoms with Gasteiger partial charge in [0.05, 0.1) is 29.3 Å². The van der Waals surface area contributed by atoms with Crippen LogP contribution in [0, 0.1) is 17.8 Å². The fraction of sp³-hybridized carbons (Fsp3) is 0.972. The number of esters is 1. The van der Waals surface area contributed by atoms with Gasteiger partial charge in [-0.2, -0.15) is 0 Å². The Hall–Kier alpha value is -0.930. The van der Waals surface area contributed by atoms with Crippen LogP contribution in [0.3, 0.4) is 0 Å². The Labute approximate surface area is 290 Å². The highest BCUT2D eigenvalue weighted by atomic mass is 16.7. The summed E-state index contributed by atoms with van der Waals surface area (Å²) in [5, 5.41) is 65.8. The monoisotopic (exact) mass is 690 g/mol. The molecule has 0 aromatic heterocycles. The number of nitrogens with one attached hydrogen (secondary N) is 2. The third-order valence-corrected chi connectivity index (χ3v) is 11.0. The summed E-state index contributed by atoms with van der Waals surface area (Å²) < 4.78 is 18.7. The van der Waals surface area contributed by atoms with E-state index in [0.29, 0.717) is 19.5 Å². The van der Waals surface area contributed by atoms with E-state index in [-0.39, 0.29) is 37.5 Å². The van der Waals surface area contributed by atoms with Crippen molar-refractivity contribution in [3.8, 4) is 0 Å². The third-order valence-electron chi connectivity index (χ3n) is 11.0. The van der Waals surface area contributed by atoms with Crippen molar-refractivity contribution in [2.75, 3.05) is 33.7 Å². The molecule has 7 N–H and O–H groups in total. The molecule has 0 aliphatic carbocycles. The number of hydrogen-bond donors (Lipinski definition) is 7. The Balaban J connectivity index is 2.65.